The average Bonchev–Trinajstić information content (AvgIpc) is 2.14. The highest BCUT2D eigenvalue weighted by Crippen LogP contribution is 2.31. The molecule has 0 aromatic heterocycles. The Labute approximate surface area is 83.7 Å². The zero-order valence-electron chi connectivity index (χ0n) is 7.61. The van der Waals surface area contributed by atoms with E-state index < -0.39 is 24.2 Å². The lowest BCUT2D eigenvalue weighted by Gasteiger charge is -2.09. The molecule has 0 saturated heterocycles. The van der Waals surface area contributed by atoms with Gasteiger partial charge in [-0.3, -0.25) is 0 Å². The van der Waals surface area contributed by atoms with Crippen LogP contribution in [0.2, 0.25) is 0 Å². The number of aliphatic hydroxyl groups is 1. The van der Waals surface area contributed by atoms with E-state index in [0.29, 0.717) is 6.07 Å². The third kappa shape index (κ3) is 2.79. The van der Waals surface area contributed by atoms with E-state index in [0.717, 1.165) is 12.1 Å². The van der Waals surface area contributed by atoms with E-state index in [4.69, 9.17) is 5.11 Å². The van der Waals surface area contributed by atoms with Crippen LogP contribution >= 0.6 is 0 Å². The van der Waals surface area contributed by atoms with E-state index in [-0.39, 0.29) is 11.1 Å². The van der Waals surface area contributed by atoms with Gasteiger partial charge in [0.05, 0.1) is 12.2 Å². The van der Waals surface area contributed by atoms with Crippen LogP contribution in [0.5, 0.6) is 0 Å². The van der Waals surface area contributed by atoms with Gasteiger partial charge in [0.2, 0.25) is 0 Å². The lowest BCUT2D eigenvalue weighted by atomic mass is 10.0. The van der Waals surface area contributed by atoms with Crippen molar-refractivity contribution in [1.82, 2.24) is 0 Å². The van der Waals surface area contributed by atoms with Crippen LogP contribution < -0.4 is 0 Å². The molecule has 0 fully saturated rings. The van der Waals surface area contributed by atoms with Crippen molar-refractivity contribution in [2.45, 2.75) is 6.18 Å². The minimum atomic E-state index is -4.60. The van der Waals surface area contributed by atoms with Crippen molar-refractivity contribution in [1.29, 1.82) is 0 Å². The molecule has 1 aromatic carbocycles. The molecule has 0 radical (unpaired) electrons. The van der Waals surface area contributed by atoms with Crippen LogP contribution in [0.1, 0.15) is 11.1 Å². The van der Waals surface area contributed by atoms with E-state index in [9.17, 15) is 17.6 Å². The number of hydrogen-bond acceptors (Lipinski definition) is 1. The molecule has 1 N–H and O–H groups in total. The summed E-state index contributed by atoms with van der Waals surface area (Å²) in [5.74, 6) is -1.01. The smallest absolute Gasteiger partial charge is 0.392 e. The van der Waals surface area contributed by atoms with Crippen LogP contribution in [0.25, 0.3) is 5.57 Å². The summed E-state index contributed by atoms with van der Waals surface area (Å²) in [6, 6.07) is 2.05. The predicted molar refractivity (Wildman–Crippen MR) is 47.5 cm³/mol. The second-order valence-electron chi connectivity index (χ2n) is 2.99. The molecule has 82 valence electrons. The second-order valence-corrected chi connectivity index (χ2v) is 2.99. The monoisotopic (exact) mass is 220 g/mol. The molecule has 0 bridgehead atoms. The Morgan fingerprint density at radius 2 is 1.87 bits per heavy atom. The van der Waals surface area contributed by atoms with Crippen LogP contribution in [0.3, 0.4) is 0 Å². The fourth-order valence-corrected chi connectivity index (χ4v) is 1.05. The van der Waals surface area contributed by atoms with Gasteiger partial charge < -0.3 is 5.11 Å². The Bertz CT molecular complexity index is 381. The van der Waals surface area contributed by atoms with Gasteiger partial charge in [-0.25, -0.2) is 4.39 Å². The summed E-state index contributed by atoms with van der Waals surface area (Å²) in [5.41, 5.74) is -1.10. The van der Waals surface area contributed by atoms with Crippen LogP contribution in [0.4, 0.5) is 17.6 Å². The molecular formula is C10H8F4O. The largest absolute Gasteiger partial charge is 0.416 e. The Balaban J connectivity index is 3.23. The van der Waals surface area contributed by atoms with Crippen molar-refractivity contribution < 1.29 is 22.7 Å². The van der Waals surface area contributed by atoms with Crippen molar-refractivity contribution >= 4 is 5.57 Å². The van der Waals surface area contributed by atoms with E-state index >= 15 is 0 Å². The van der Waals surface area contributed by atoms with Crippen molar-refractivity contribution in [3.63, 3.8) is 0 Å². The fraction of sp³-hybridized carbons (Fsp3) is 0.200. The van der Waals surface area contributed by atoms with Gasteiger partial charge in [-0.05, 0) is 29.3 Å². The maximum absolute atomic E-state index is 12.8. The van der Waals surface area contributed by atoms with Gasteiger partial charge in [0.15, 0.2) is 0 Å². The van der Waals surface area contributed by atoms with E-state index in [1.54, 1.807) is 0 Å². The van der Waals surface area contributed by atoms with Gasteiger partial charge >= 0.3 is 6.18 Å². The molecule has 0 aliphatic rings. The molecule has 0 aliphatic heterocycles. The summed E-state index contributed by atoms with van der Waals surface area (Å²) in [6.07, 6.45) is -4.60. The summed E-state index contributed by atoms with van der Waals surface area (Å²) in [4.78, 5) is 0. The highest BCUT2D eigenvalue weighted by atomic mass is 19.4. The summed E-state index contributed by atoms with van der Waals surface area (Å²) in [5, 5.41) is 8.67. The van der Waals surface area contributed by atoms with Gasteiger partial charge in [0, 0.05) is 0 Å². The Kier molecular flexibility index (Phi) is 3.14. The lowest BCUT2D eigenvalue weighted by molar-refractivity contribution is -0.137. The van der Waals surface area contributed by atoms with Gasteiger partial charge in [-0.2, -0.15) is 13.2 Å². The Morgan fingerprint density at radius 1 is 1.27 bits per heavy atom. The van der Waals surface area contributed by atoms with Gasteiger partial charge in [0.1, 0.15) is 5.82 Å². The minimum Gasteiger partial charge on any atom is -0.392 e. The third-order valence-electron chi connectivity index (χ3n) is 1.82. The van der Waals surface area contributed by atoms with E-state index in [1.165, 1.54) is 0 Å². The molecule has 1 rings (SSSR count). The Hall–Kier alpha value is -1.36. The molecule has 1 aromatic rings. The summed E-state index contributed by atoms with van der Waals surface area (Å²) in [7, 11) is 0. The third-order valence-corrected chi connectivity index (χ3v) is 1.82. The van der Waals surface area contributed by atoms with Crippen molar-refractivity contribution in [2.75, 3.05) is 6.61 Å². The highest BCUT2D eigenvalue weighted by Gasteiger charge is 2.31. The topological polar surface area (TPSA) is 20.2 Å². The first-order valence-electron chi connectivity index (χ1n) is 4.01. The molecule has 0 atom stereocenters. The zero-order valence-corrected chi connectivity index (χ0v) is 7.61. The number of aliphatic hydroxyl groups excluding tert-OH is 1. The number of hydrogen-bond donors (Lipinski definition) is 1. The van der Waals surface area contributed by atoms with Gasteiger partial charge in [-0.1, -0.05) is 6.58 Å². The molecule has 0 unspecified atom stereocenters. The number of halogens is 4. The molecule has 5 heteroatoms. The highest BCUT2D eigenvalue weighted by molar-refractivity contribution is 5.64. The standard InChI is InChI=1S/C10H8F4O/c1-6(5-15)7-2-8(10(12,13)14)4-9(11)3-7/h2-4,15H,1,5H2. The van der Waals surface area contributed by atoms with Gasteiger partial charge in [0.25, 0.3) is 0 Å². The predicted octanol–water partition coefficient (Wildman–Crippen LogP) is 2.85. The fourth-order valence-electron chi connectivity index (χ4n) is 1.05. The molecule has 0 saturated carbocycles. The zero-order chi connectivity index (χ0) is 11.6. The number of benzene rings is 1. The molecule has 1 nitrogen and oxygen atoms in total. The van der Waals surface area contributed by atoms with Crippen LogP contribution in [0.15, 0.2) is 24.8 Å². The summed E-state index contributed by atoms with van der Waals surface area (Å²) >= 11 is 0. The first-order chi connectivity index (χ1) is 6.84. The molecular weight excluding hydrogens is 212 g/mol. The van der Waals surface area contributed by atoms with Crippen LogP contribution in [0, 0.1) is 5.82 Å². The van der Waals surface area contributed by atoms with Crippen LogP contribution in [-0.2, 0) is 6.18 Å². The molecule has 0 heterocycles. The second kappa shape index (κ2) is 4.02. The summed E-state index contributed by atoms with van der Waals surface area (Å²) < 4.78 is 49.6. The first kappa shape index (κ1) is 11.7. The SMILES string of the molecule is C=C(CO)c1cc(F)cc(C(F)(F)F)c1. The molecule has 15 heavy (non-hydrogen) atoms. The summed E-state index contributed by atoms with van der Waals surface area (Å²) in [6.45, 7) is 2.81. The molecule has 0 aliphatic carbocycles. The lowest BCUT2D eigenvalue weighted by Crippen LogP contribution is -2.06. The Morgan fingerprint density at radius 3 is 2.33 bits per heavy atom. The van der Waals surface area contributed by atoms with Crippen LogP contribution in [-0.4, -0.2) is 11.7 Å². The van der Waals surface area contributed by atoms with Crippen molar-refractivity contribution in [2.24, 2.45) is 0 Å². The maximum Gasteiger partial charge on any atom is 0.416 e. The average molecular weight is 220 g/mol. The van der Waals surface area contributed by atoms with Crippen molar-refractivity contribution in [3.05, 3.63) is 41.7 Å². The van der Waals surface area contributed by atoms with Gasteiger partial charge in [-0.15, -0.1) is 0 Å². The number of rotatable bonds is 2. The molecule has 0 amide bonds. The first-order valence-corrected chi connectivity index (χ1v) is 4.01. The molecule has 0 spiro atoms. The van der Waals surface area contributed by atoms with Crippen molar-refractivity contribution in [3.8, 4) is 0 Å². The van der Waals surface area contributed by atoms with E-state index in [1.807, 2.05) is 0 Å². The number of alkyl halides is 3. The normalized spacial score (nSPS) is 11.5. The maximum atomic E-state index is 12.8. The quantitative estimate of drug-likeness (QED) is 0.760. The minimum absolute atomic E-state index is 0.0417. The van der Waals surface area contributed by atoms with E-state index in [2.05, 4.69) is 6.58 Å².